The number of nitrogens with zero attached hydrogens (tertiary/aromatic N) is 8. The summed E-state index contributed by atoms with van der Waals surface area (Å²) in [4.78, 5) is 26.6. The average molecular weight is 444 g/mol. The number of para-hydroxylation sites is 1. The highest BCUT2D eigenvalue weighted by atomic mass is 16.4. The summed E-state index contributed by atoms with van der Waals surface area (Å²) in [6.07, 6.45) is 2.85. The number of hydrogen-bond donors (Lipinski definition) is 2. The summed E-state index contributed by atoms with van der Waals surface area (Å²) >= 11 is 0. The van der Waals surface area contributed by atoms with Gasteiger partial charge in [-0.3, -0.25) is 14.0 Å². The van der Waals surface area contributed by atoms with Gasteiger partial charge < -0.3 is 15.5 Å². The van der Waals surface area contributed by atoms with Gasteiger partial charge >= 0.3 is 0 Å². The lowest BCUT2D eigenvalue weighted by atomic mass is 10.2. The van der Waals surface area contributed by atoms with E-state index in [1.54, 1.807) is 23.2 Å². The van der Waals surface area contributed by atoms with Crippen LogP contribution in [0.3, 0.4) is 0 Å². The van der Waals surface area contributed by atoms with E-state index in [1.807, 2.05) is 37.3 Å². The molecule has 166 valence electrons. The zero-order valence-corrected chi connectivity index (χ0v) is 18.1. The maximum atomic E-state index is 13.4. The Kier molecular flexibility index (Phi) is 4.81. The number of benzene rings is 1. The Balaban J connectivity index is 1.66. The van der Waals surface area contributed by atoms with E-state index in [0.29, 0.717) is 39.8 Å². The van der Waals surface area contributed by atoms with Gasteiger partial charge in [0.1, 0.15) is 34.7 Å². The molecule has 0 saturated heterocycles. The molecule has 0 saturated carbocycles. The van der Waals surface area contributed by atoms with Crippen molar-refractivity contribution in [1.29, 1.82) is 0 Å². The average Bonchev–Trinajstić information content (AvgIpc) is 3.40. The number of nitrogens with two attached hydrogens (primary N) is 1. The Morgan fingerprint density at radius 1 is 1.15 bits per heavy atom. The summed E-state index contributed by atoms with van der Waals surface area (Å²) < 4.78 is 8.67. The van der Waals surface area contributed by atoms with Crippen LogP contribution < -0.4 is 16.6 Å². The van der Waals surface area contributed by atoms with Crippen LogP contribution in [0.1, 0.15) is 24.7 Å². The molecule has 0 amide bonds. The highest BCUT2D eigenvalue weighted by molar-refractivity contribution is 5.79. The highest BCUT2D eigenvalue weighted by Crippen LogP contribution is 2.31. The lowest BCUT2D eigenvalue weighted by Crippen LogP contribution is -2.27. The van der Waals surface area contributed by atoms with Crippen LogP contribution in [0.4, 0.5) is 11.6 Å². The molecule has 33 heavy (non-hydrogen) atoms. The van der Waals surface area contributed by atoms with Crippen LogP contribution in [0.25, 0.3) is 28.2 Å². The molecule has 5 aromatic rings. The van der Waals surface area contributed by atoms with Gasteiger partial charge in [0.15, 0.2) is 5.65 Å². The maximum Gasteiger partial charge on any atom is 0.269 e. The second-order valence-electron chi connectivity index (χ2n) is 7.43. The molecule has 0 aliphatic carbocycles. The molecule has 1 atom stereocenters. The minimum Gasteiger partial charge on any atom is -0.421 e. The molecule has 0 aliphatic rings. The zero-order valence-electron chi connectivity index (χ0n) is 18.1. The summed E-state index contributed by atoms with van der Waals surface area (Å²) in [5, 5.41) is 15.8. The third-order valence-corrected chi connectivity index (χ3v) is 5.16. The first kappa shape index (κ1) is 20.3. The Hall–Kier alpha value is -4.61. The van der Waals surface area contributed by atoms with Crippen LogP contribution in [0.2, 0.25) is 0 Å². The molecule has 1 aromatic carbocycles. The molecule has 12 heteroatoms. The molecule has 12 nitrogen and oxygen atoms in total. The van der Waals surface area contributed by atoms with Crippen LogP contribution in [-0.2, 0) is 7.05 Å². The SMILES string of the molecule is Cc1nnc(-c2c(N)ncnc2NC(C)c2nc3c(cnn3C)c(=O)n2-c2ccccc2)o1. The summed E-state index contributed by atoms with van der Waals surface area (Å²) in [7, 11) is 1.74. The third kappa shape index (κ3) is 3.46. The molecular weight excluding hydrogens is 424 g/mol. The zero-order chi connectivity index (χ0) is 23.1. The van der Waals surface area contributed by atoms with E-state index in [4.69, 9.17) is 15.1 Å². The third-order valence-electron chi connectivity index (χ3n) is 5.16. The van der Waals surface area contributed by atoms with E-state index in [2.05, 4.69) is 30.6 Å². The maximum absolute atomic E-state index is 13.4. The van der Waals surface area contributed by atoms with E-state index in [0.717, 1.165) is 0 Å². The van der Waals surface area contributed by atoms with Crippen LogP contribution in [0.15, 0.2) is 52.1 Å². The molecule has 0 aliphatic heterocycles. The summed E-state index contributed by atoms with van der Waals surface area (Å²) in [5.41, 5.74) is 7.41. The second-order valence-corrected chi connectivity index (χ2v) is 7.43. The van der Waals surface area contributed by atoms with Gasteiger partial charge in [-0.05, 0) is 19.1 Å². The molecule has 1 unspecified atom stereocenters. The minimum absolute atomic E-state index is 0.179. The van der Waals surface area contributed by atoms with Gasteiger partial charge in [0.25, 0.3) is 11.4 Å². The highest BCUT2D eigenvalue weighted by Gasteiger charge is 2.23. The number of rotatable bonds is 5. The normalized spacial score (nSPS) is 12.2. The number of nitrogens with one attached hydrogen (secondary N) is 1. The van der Waals surface area contributed by atoms with E-state index < -0.39 is 6.04 Å². The Morgan fingerprint density at radius 2 is 1.94 bits per heavy atom. The largest absolute Gasteiger partial charge is 0.421 e. The van der Waals surface area contributed by atoms with Gasteiger partial charge in [-0.25, -0.2) is 15.0 Å². The quantitative estimate of drug-likeness (QED) is 0.411. The standard InChI is InChI=1S/C21H20N10O2/c1-11(26-17-15(16(22)23-10-24-17)20-29-28-12(2)33-20)18-27-19-14(9-25-30(19)3)21(32)31(18)13-7-5-4-6-8-13/h4-11H,1-3H3,(H3,22,23,24,26). The first-order chi connectivity index (χ1) is 15.9. The number of aromatic nitrogens is 8. The van der Waals surface area contributed by atoms with Gasteiger partial charge in [0.05, 0.1) is 17.9 Å². The monoisotopic (exact) mass is 444 g/mol. The van der Waals surface area contributed by atoms with Crippen LogP contribution in [0.5, 0.6) is 0 Å². The lowest BCUT2D eigenvalue weighted by molar-refractivity contribution is 0.532. The summed E-state index contributed by atoms with van der Waals surface area (Å²) in [6.45, 7) is 3.54. The predicted octanol–water partition coefficient (Wildman–Crippen LogP) is 2.02. The molecule has 4 heterocycles. The van der Waals surface area contributed by atoms with Crippen molar-refractivity contribution in [3.8, 4) is 17.1 Å². The topological polar surface area (TPSA) is 155 Å². The molecule has 0 fully saturated rings. The van der Waals surface area contributed by atoms with Crippen molar-refractivity contribution in [3.63, 3.8) is 0 Å². The van der Waals surface area contributed by atoms with Crippen molar-refractivity contribution in [2.24, 2.45) is 7.05 Å². The molecule has 3 N–H and O–H groups in total. The fourth-order valence-electron chi connectivity index (χ4n) is 3.60. The fourth-order valence-corrected chi connectivity index (χ4v) is 3.60. The number of aryl methyl sites for hydroxylation is 2. The van der Waals surface area contributed by atoms with Crippen LogP contribution in [-0.4, -0.2) is 39.5 Å². The van der Waals surface area contributed by atoms with Crippen molar-refractivity contribution >= 4 is 22.7 Å². The smallest absolute Gasteiger partial charge is 0.269 e. The summed E-state index contributed by atoms with van der Waals surface area (Å²) in [6, 6.07) is 8.81. The summed E-state index contributed by atoms with van der Waals surface area (Å²) in [5.74, 6) is 1.59. The van der Waals surface area contributed by atoms with Crippen LogP contribution >= 0.6 is 0 Å². The molecule has 0 radical (unpaired) electrons. The van der Waals surface area contributed by atoms with Crippen LogP contribution in [0, 0.1) is 6.92 Å². The molecule has 0 bridgehead atoms. The number of hydrogen-bond acceptors (Lipinski definition) is 10. The Morgan fingerprint density at radius 3 is 2.67 bits per heavy atom. The van der Waals surface area contributed by atoms with E-state index >= 15 is 0 Å². The molecule has 5 rings (SSSR count). The van der Waals surface area contributed by atoms with Gasteiger partial charge in [-0.2, -0.15) is 5.10 Å². The van der Waals surface area contributed by atoms with Crippen molar-refractivity contribution in [1.82, 2.24) is 39.5 Å². The van der Waals surface area contributed by atoms with Gasteiger partial charge in [0.2, 0.25) is 5.89 Å². The van der Waals surface area contributed by atoms with Gasteiger partial charge in [-0.15, -0.1) is 10.2 Å². The lowest BCUT2D eigenvalue weighted by Gasteiger charge is -2.20. The van der Waals surface area contributed by atoms with Crippen molar-refractivity contribution in [2.75, 3.05) is 11.1 Å². The number of nitrogen functional groups attached to an aromatic ring is 1. The Labute approximate surface area is 187 Å². The van der Waals surface area contributed by atoms with Crippen molar-refractivity contribution in [2.45, 2.75) is 19.9 Å². The molecule has 0 spiro atoms. The molecular formula is C21H20N10O2. The van der Waals surface area contributed by atoms with Crippen molar-refractivity contribution < 1.29 is 4.42 Å². The first-order valence-electron chi connectivity index (χ1n) is 10.1. The number of anilines is 2. The fraction of sp³-hybridized carbons (Fsp3) is 0.190. The number of fused-ring (bicyclic) bond motifs is 1. The first-order valence-corrected chi connectivity index (χ1v) is 10.1. The Bertz CT molecular complexity index is 1520. The van der Waals surface area contributed by atoms with E-state index in [9.17, 15) is 4.79 Å². The van der Waals surface area contributed by atoms with Crippen molar-refractivity contribution in [3.05, 3.63) is 64.9 Å². The van der Waals surface area contributed by atoms with Gasteiger partial charge in [-0.1, -0.05) is 18.2 Å². The van der Waals surface area contributed by atoms with E-state index in [1.165, 1.54) is 12.5 Å². The minimum atomic E-state index is -0.478. The predicted molar refractivity (Wildman–Crippen MR) is 121 cm³/mol. The van der Waals surface area contributed by atoms with Gasteiger partial charge in [0, 0.05) is 14.0 Å². The van der Waals surface area contributed by atoms with E-state index in [-0.39, 0.29) is 17.3 Å². The second kappa shape index (κ2) is 7.82. The molecule has 4 aromatic heterocycles.